The van der Waals surface area contributed by atoms with Crippen molar-refractivity contribution in [2.45, 2.75) is 19.4 Å². The summed E-state index contributed by atoms with van der Waals surface area (Å²) in [6.07, 6.45) is 2.26. The molecule has 1 aromatic carbocycles. The molecule has 1 unspecified atom stereocenters. The van der Waals surface area contributed by atoms with Crippen molar-refractivity contribution >= 4 is 10.2 Å². The van der Waals surface area contributed by atoms with Crippen molar-refractivity contribution in [3.63, 3.8) is 0 Å². The zero-order chi connectivity index (χ0) is 13.8. The van der Waals surface area contributed by atoms with E-state index in [0.717, 1.165) is 15.4 Å². The molecule has 0 fully saturated rings. The Morgan fingerprint density at radius 3 is 2.33 bits per heavy atom. The lowest BCUT2D eigenvalue weighted by Crippen LogP contribution is -2.37. The summed E-state index contributed by atoms with van der Waals surface area (Å²) in [4.78, 5) is 0. The van der Waals surface area contributed by atoms with E-state index in [1.165, 1.54) is 14.1 Å². The molecule has 100 valence electrons. The van der Waals surface area contributed by atoms with E-state index in [9.17, 15) is 8.42 Å². The van der Waals surface area contributed by atoms with Crippen LogP contribution in [0.15, 0.2) is 36.9 Å². The maximum Gasteiger partial charge on any atom is 0.279 e. The number of hydrogen-bond acceptors (Lipinski definition) is 2. The third kappa shape index (κ3) is 3.94. The Morgan fingerprint density at radius 1 is 1.33 bits per heavy atom. The largest absolute Gasteiger partial charge is 0.279 e. The molecule has 1 rings (SSSR count). The van der Waals surface area contributed by atoms with Crippen molar-refractivity contribution in [3.8, 4) is 0 Å². The highest BCUT2D eigenvalue weighted by atomic mass is 32.2. The molecule has 0 saturated carbocycles. The number of nitrogens with one attached hydrogen (secondary N) is 1. The van der Waals surface area contributed by atoms with Crippen molar-refractivity contribution in [3.05, 3.63) is 48.0 Å². The first kappa shape index (κ1) is 14.9. The molecule has 0 aliphatic carbocycles. The molecule has 18 heavy (non-hydrogen) atoms. The first-order valence-corrected chi connectivity index (χ1v) is 7.18. The topological polar surface area (TPSA) is 49.4 Å². The van der Waals surface area contributed by atoms with Gasteiger partial charge in [0.25, 0.3) is 10.2 Å². The van der Waals surface area contributed by atoms with Crippen LogP contribution >= 0.6 is 0 Å². The number of benzene rings is 1. The average Bonchev–Trinajstić information content (AvgIpc) is 2.29. The van der Waals surface area contributed by atoms with Crippen molar-refractivity contribution in [2.24, 2.45) is 0 Å². The molecule has 1 aromatic rings. The lowest BCUT2D eigenvalue weighted by molar-refractivity contribution is 0.489. The molecule has 0 amide bonds. The quantitative estimate of drug-likeness (QED) is 0.802. The molecule has 0 aliphatic rings. The Kier molecular flexibility index (Phi) is 5.07. The van der Waals surface area contributed by atoms with Crippen LogP contribution in [0, 0.1) is 6.92 Å². The van der Waals surface area contributed by atoms with Gasteiger partial charge in [-0.05, 0) is 18.9 Å². The summed E-state index contributed by atoms with van der Waals surface area (Å²) in [5.74, 6) is 0. The molecule has 0 aliphatic heterocycles. The van der Waals surface area contributed by atoms with E-state index >= 15 is 0 Å². The molecule has 1 atom stereocenters. The highest BCUT2D eigenvalue weighted by Crippen LogP contribution is 2.19. The number of rotatable bonds is 6. The zero-order valence-electron chi connectivity index (χ0n) is 11.1. The number of aryl methyl sites for hydroxylation is 1. The fraction of sp³-hybridized carbons (Fsp3) is 0.385. The van der Waals surface area contributed by atoms with Crippen LogP contribution < -0.4 is 4.72 Å². The minimum Gasteiger partial charge on any atom is -0.195 e. The SMILES string of the molecule is C=CCC(NS(=O)(=O)N(C)C)c1ccc(C)cc1. The summed E-state index contributed by atoms with van der Waals surface area (Å²) < 4.78 is 27.5. The van der Waals surface area contributed by atoms with Gasteiger partial charge in [-0.25, -0.2) is 0 Å². The zero-order valence-corrected chi connectivity index (χ0v) is 11.9. The minimum atomic E-state index is -3.44. The maximum absolute atomic E-state index is 11.8. The Morgan fingerprint density at radius 2 is 1.89 bits per heavy atom. The van der Waals surface area contributed by atoms with Gasteiger partial charge in [-0.1, -0.05) is 35.9 Å². The van der Waals surface area contributed by atoms with E-state index in [1.54, 1.807) is 6.08 Å². The summed E-state index contributed by atoms with van der Waals surface area (Å²) in [6.45, 7) is 5.67. The third-order valence-electron chi connectivity index (χ3n) is 2.65. The molecule has 0 bridgehead atoms. The van der Waals surface area contributed by atoms with Crippen LogP contribution in [0.4, 0.5) is 0 Å². The molecule has 0 radical (unpaired) electrons. The summed E-state index contributed by atoms with van der Waals surface area (Å²) in [7, 11) is -0.437. The second-order valence-corrected chi connectivity index (χ2v) is 6.31. The summed E-state index contributed by atoms with van der Waals surface area (Å²) >= 11 is 0. The Labute approximate surface area is 110 Å². The summed E-state index contributed by atoms with van der Waals surface area (Å²) in [5.41, 5.74) is 2.08. The fourth-order valence-corrected chi connectivity index (χ4v) is 2.31. The second-order valence-electron chi connectivity index (χ2n) is 4.39. The van der Waals surface area contributed by atoms with Crippen LogP contribution in [-0.2, 0) is 10.2 Å². The lowest BCUT2D eigenvalue weighted by Gasteiger charge is -2.20. The highest BCUT2D eigenvalue weighted by Gasteiger charge is 2.20. The fourth-order valence-electron chi connectivity index (χ4n) is 1.50. The van der Waals surface area contributed by atoms with Crippen molar-refractivity contribution in [1.29, 1.82) is 0 Å². The molecule has 5 heteroatoms. The standard InChI is InChI=1S/C13H20N2O2S/c1-5-6-13(14-18(16,17)15(3)4)12-9-7-11(2)8-10-12/h5,7-10,13-14H,1,6H2,2-4H3. The third-order valence-corrected chi connectivity index (χ3v) is 4.20. The van der Waals surface area contributed by atoms with Crippen molar-refractivity contribution < 1.29 is 8.42 Å². The maximum atomic E-state index is 11.8. The number of hydrogen-bond donors (Lipinski definition) is 1. The van der Waals surface area contributed by atoms with E-state index in [4.69, 9.17) is 0 Å². The molecule has 0 spiro atoms. The van der Waals surface area contributed by atoms with Crippen LogP contribution in [0.5, 0.6) is 0 Å². The highest BCUT2D eigenvalue weighted by molar-refractivity contribution is 7.87. The van der Waals surface area contributed by atoms with Gasteiger partial charge in [0.2, 0.25) is 0 Å². The number of nitrogens with zero attached hydrogens (tertiary/aromatic N) is 1. The van der Waals surface area contributed by atoms with Gasteiger partial charge in [-0.15, -0.1) is 6.58 Å². The Hall–Kier alpha value is -1.17. The minimum absolute atomic E-state index is 0.282. The van der Waals surface area contributed by atoms with Gasteiger partial charge in [0, 0.05) is 14.1 Å². The van der Waals surface area contributed by atoms with Gasteiger partial charge in [0.1, 0.15) is 0 Å². The molecular weight excluding hydrogens is 248 g/mol. The smallest absolute Gasteiger partial charge is 0.195 e. The van der Waals surface area contributed by atoms with Crippen LogP contribution in [0.1, 0.15) is 23.6 Å². The lowest BCUT2D eigenvalue weighted by atomic mass is 10.0. The summed E-state index contributed by atoms with van der Waals surface area (Å²) in [6, 6.07) is 7.52. The van der Waals surface area contributed by atoms with Gasteiger partial charge >= 0.3 is 0 Å². The van der Waals surface area contributed by atoms with Crippen LogP contribution in [0.3, 0.4) is 0 Å². The van der Waals surface area contributed by atoms with E-state index in [2.05, 4.69) is 11.3 Å². The molecule has 0 heterocycles. The van der Waals surface area contributed by atoms with Crippen LogP contribution in [0.25, 0.3) is 0 Å². The first-order valence-electron chi connectivity index (χ1n) is 5.74. The van der Waals surface area contributed by atoms with Gasteiger partial charge in [0.05, 0.1) is 6.04 Å². The first-order chi connectivity index (χ1) is 8.36. The molecular formula is C13H20N2O2S. The second kappa shape index (κ2) is 6.13. The normalized spacial score (nSPS) is 13.6. The van der Waals surface area contributed by atoms with Gasteiger partial charge in [-0.2, -0.15) is 17.4 Å². The van der Waals surface area contributed by atoms with E-state index in [0.29, 0.717) is 6.42 Å². The Balaban J connectivity index is 2.97. The van der Waals surface area contributed by atoms with E-state index in [1.807, 2.05) is 31.2 Å². The van der Waals surface area contributed by atoms with Crippen molar-refractivity contribution in [2.75, 3.05) is 14.1 Å². The van der Waals surface area contributed by atoms with Crippen molar-refractivity contribution in [1.82, 2.24) is 9.03 Å². The summed E-state index contributed by atoms with van der Waals surface area (Å²) in [5, 5.41) is 0. The Bertz CT molecular complexity index is 492. The van der Waals surface area contributed by atoms with E-state index < -0.39 is 10.2 Å². The van der Waals surface area contributed by atoms with Crippen LogP contribution in [0.2, 0.25) is 0 Å². The predicted molar refractivity (Wildman–Crippen MR) is 74.5 cm³/mol. The monoisotopic (exact) mass is 268 g/mol. The van der Waals surface area contributed by atoms with Crippen LogP contribution in [-0.4, -0.2) is 26.8 Å². The van der Waals surface area contributed by atoms with Gasteiger partial charge in [0.15, 0.2) is 0 Å². The van der Waals surface area contributed by atoms with Gasteiger partial charge < -0.3 is 0 Å². The molecule has 1 N–H and O–H groups in total. The molecule has 0 aromatic heterocycles. The van der Waals surface area contributed by atoms with Gasteiger partial charge in [-0.3, -0.25) is 0 Å². The molecule has 4 nitrogen and oxygen atoms in total. The predicted octanol–water partition coefficient (Wildman–Crippen LogP) is 2.01. The molecule has 0 saturated heterocycles. The average molecular weight is 268 g/mol. The van der Waals surface area contributed by atoms with E-state index in [-0.39, 0.29) is 6.04 Å².